The summed E-state index contributed by atoms with van der Waals surface area (Å²) >= 11 is 7.58. The summed E-state index contributed by atoms with van der Waals surface area (Å²) in [5.41, 5.74) is 9.25. The maximum absolute atomic E-state index is 6.07. The van der Waals surface area contributed by atoms with Gasteiger partial charge in [-0.2, -0.15) is 0 Å². The minimum absolute atomic E-state index is 0.130. The third-order valence-corrected chi connectivity index (χ3v) is 4.67. The molecular weight excluding hydrogens is 278 g/mol. The zero-order valence-corrected chi connectivity index (χ0v) is 12.3. The molecule has 3 aromatic rings. The van der Waals surface area contributed by atoms with Crippen LogP contribution in [0, 0.1) is 6.92 Å². The van der Waals surface area contributed by atoms with Gasteiger partial charge in [-0.1, -0.05) is 17.7 Å². The molecule has 0 spiro atoms. The normalized spacial score (nSPS) is 13.0. The average molecular weight is 292 g/mol. The molecule has 2 N–H and O–H groups in total. The van der Waals surface area contributed by atoms with E-state index in [1.165, 1.54) is 10.4 Å². The molecule has 19 heavy (non-hydrogen) atoms. The lowest BCUT2D eigenvalue weighted by Gasteiger charge is -2.14. The Kier molecular flexibility index (Phi) is 2.99. The SMILES string of the molecule is Cc1ccc2c(c1)nc(N)n2C(C)c1ccc(Cl)s1. The second kappa shape index (κ2) is 4.54. The van der Waals surface area contributed by atoms with Gasteiger partial charge in [0, 0.05) is 4.88 Å². The number of rotatable bonds is 2. The molecule has 1 atom stereocenters. The molecule has 2 heterocycles. The van der Waals surface area contributed by atoms with Gasteiger partial charge in [0.05, 0.1) is 21.4 Å². The molecule has 1 aromatic carbocycles. The summed E-state index contributed by atoms with van der Waals surface area (Å²) in [7, 11) is 0. The first-order valence-electron chi connectivity index (χ1n) is 6.05. The number of anilines is 1. The van der Waals surface area contributed by atoms with E-state index in [0.29, 0.717) is 5.95 Å². The van der Waals surface area contributed by atoms with E-state index in [4.69, 9.17) is 17.3 Å². The standard InChI is InChI=1S/C14H14ClN3S/c1-8-3-4-11-10(7-8)17-14(16)18(11)9(2)12-5-6-13(15)19-12/h3-7,9H,1-2H3,(H2,16,17). The third-order valence-electron chi connectivity index (χ3n) is 3.27. The summed E-state index contributed by atoms with van der Waals surface area (Å²) in [5, 5.41) is 0. The van der Waals surface area contributed by atoms with Crippen LogP contribution in [0.4, 0.5) is 5.95 Å². The van der Waals surface area contributed by atoms with E-state index in [2.05, 4.69) is 41.6 Å². The van der Waals surface area contributed by atoms with Gasteiger partial charge >= 0.3 is 0 Å². The minimum Gasteiger partial charge on any atom is -0.369 e. The van der Waals surface area contributed by atoms with Gasteiger partial charge in [0.15, 0.2) is 0 Å². The van der Waals surface area contributed by atoms with Crippen LogP contribution in [-0.2, 0) is 0 Å². The Hall–Kier alpha value is -1.52. The lowest BCUT2D eigenvalue weighted by atomic mass is 10.2. The van der Waals surface area contributed by atoms with Gasteiger partial charge in [-0.05, 0) is 43.7 Å². The van der Waals surface area contributed by atoms with E-state index in [0.717, 1.165) is 15.4 Å². The summed E-state index contributed by atoms with van der Waals surface area (Å²) < 4.78 is 2.84. The van der Waals surface area contributed by atoms with Gasteiger partial charge in [-0.3, -0.25) is 0 Å². The Balaban J connectivity index is 2.16. The number of hydrogen-bond acceptors (Lipinski definition) is 3. The van der Waals surface area contributed by atoms with Gasteiger partial charge in [0.25, 0.3) is 0 Å². The van der Waals surface area contributed by atoms with E-state index in [1.54, 1.807) is 11.3 Å². The fourth-order valence-corrected chi connectivity index (χ4v) is 3.42. The molecule has 0 aliphatic carbocycles. The Labute approximate surface area is 120 Å². The van der Waals surface area contributed by atoms with Gasteiger partial charge in [0.2, 0.25) is 5.95 Å². The molecule has 98 valence electrons. The van der Waals surface area contributed by atoms with Crippen molar-refractivity contribution in [1.82, 2.24) is 9.55 Å². The van der Waals surface area contributed by atoms with Crippen molar-refractivity contribution in [3.05, 3.63) is 45.1 Å². The van der Waals surface area contributed by atoms with Crippen molar-refractivity contribution in [2.24, 2.45) is 0 Å². The molecule has 0 aliphatic heterocycles. The number of nitrogens with zero attached hydrogens (tertiary/aromatic N) is 2. The van der Waals surface area contributed by atoms with Crippen LogP contribution in [0.1, 0.15) is 23.4 Å². The van der Waals surface area contributed by atoms with E-state index >= 15 is 0 Å². The van der Waals surface area contributed by atoms with E-state index in [9.17, 15) is 0 Å². The Bertz CT molecular complexity index is 744. The number of imidazole rings is 1. The highest BCUT2D eigenvalue weighted by Gasteiger charge is 2.17. The molecule has 1 unspecified atom stereocenters. The maximum atomic E-state index is 6.07. The quantitative estimate of drug-likeness (QED) is 0.767. The first-order valence-corrected chi connectivity index (χ1v) is 7.25. The highest BCUT2D eigenvalue weighted by atomic mass is 35.5. The van der Waals surface area contributed by atoms with Crippen LogP contribution < -0.4 is 5.73 Å². The number of aromatic nitrogens is 2. The predicted octanol–water partition coefficient (Wildman–Crippen LogP) is 4.25. The molecule has 0 radical (unpaired) electrons. The zero-order valence-electron chi connectivity index (χ0n) is 10.7. The van der Waals surface area contributed by atoms with Crippen LogP contribution in [0.5, 0.6) is 0 Å². The van der Waals surface area contributed by atoms with Crippen LogP contribution in [0.15, 0.2) is 30.3 Å². The summed E-state index contributed by atoms with van der Waals surface area (Å²) in [4.78, 5) is 5.62. The minimum atomic E-state index is 0.130. The van der Waals surface area contributed by atoms with E-state index in [1.807, 2.05) is 12.1 Å². The molecule has 0 saturated carbocycles. The third kappa shape index (κ3) is 2.11. The van der Waals surface area contributed by atoms with Crippen molar-refractivity contribution in [3.63, 3.8) is 0 Å². The number of nitrogen functional groups attached to an aromatic ring is 1. The molecule has 0 fully saturated rings. The Morgan fingerprint density at radius 2 is 2.11 bits per heavy atom. The second-order valence-electron chi connectivity index (χ2n) is 4.65. The number of hydrogen-bond donors (Lipinski definition) is 1. The number of nitrogens with two attached hydrogens (primary N) is 1. The fourth-order valence-electron chi connectivity index (χ4n) is 2.31. The zero-order chi connectivity index (χ0) is 13.6. The number of fused-ring (bicyclic) bond motifs is 1. The number of thiophene rings is 1. The van der Waals surface area contributed by atoms with Gasteiger partial charge < -0.3 is 10.3 Å². The fraction of sp³-hybridized carbons (Fsp3) is 0.214. The Morgan fingerprint density at radius 3 is 2.79 bits per heavy atom. The van der Waals surface area contributed by atoms with Gasteiger partial charge in [0.1, 0.15) is 0 Å². The summed E-state index contributed by atoms with van der Waals surface area (Å²) in [6.07, 6.45) is 0. The van der Waals surface area contributed by atoms with Gasteiger partial charge in [-0.25, -0.2) is 4.98 Å². The molecule has 5 heteroatoms. The van der Waals surface area contributed by atoms with Crippen LogP contribution in [0.3, 0.4) is 0 Å². The molecule has 0 amide bonds. The summed E-state index contributed by atoms with van der Waals surface area (Å²) in [5.74, 6) is 0.539. The summed E-state index contributed by atoms with van der Waals surface area (Å²) in [6, 6.07) is 10.3. The van der Waals surface area contributed by atoms with E-state index < -0.39 is 0 Å². The molecule has 3 nitrogen and oxygen atoms in total. The monoisotopic (exact) mass is 291 g/mol. The predicted molar refractivity (Wildman–Crippen MR) is 82.0 cm³/mol. The number of aryl methyl sites for hydroxylation is 1. The van der Waals surface area contributed by atoms with Crippen molar-refractivity contribution in [2.75, 3.05) is 5.73 Å². The van der Waals surface area contributed by atoms with E-state index in [-0.39, 0.29) is 6.04 Å². The largest absolute Gasteiger partial charge is 0.369 e. The van der Waals surface area contributed by atoms with Gasteiger partial charge in [-0.15, -0.1) is 11.3 Å². The van der Waals surface area contributed by atoms with Crippen LogP contribution in [0.25, 0.3) is 11.0 Å². The lowest BCUT2D eigenvalue weighted by molar-refractivity contribution is 0.680. The summed E-state index contributed by atoms with van der Waals surface area (Å²) in [6.45, 7) is 4.16. The lowest BCUT2D eigenvalue weighted by Crippen LogP contribution is -2.08. The van der Waals surface area contributed by atoms with Crippen LogP contribution in [-0.4, -0.2) is 9.55 Å². The van der Waals surface area contributed by atoms with Crippen molar-refractivity contribution in [1.29, 1.82) is 0 Å². The molecule has 0 bridgehead atoms. The Morgan fingerprint density at radius 1 is 1.32 bits per heavy atom. The highest BCUT2D eigenvalue weighted by molar-refractivity contribution is 7.16. The van der Waals surface area contributed by atoms with Crippen LogP contribution >= 0.6 is 22.9 Å². The van der Waals surface area contributed by atoms with Crippen LogP contribution in [0.2, 0.25) is 4.34 Å². The molecular formula is C14H14ClN3S. The second-order valence-corrected chi connectivity index (χ2v) is 6.40. The number of halogens is 1. The molecule has 2 aromatic heterocycles. The van der Waals surface area contributed by atoms with Crippen molar-refractivity contribution in [3.8, 4) is 0 Å². The molecule has 3 rings (SSSR count). The average Bonchev–Trinajstić information content (AvgIpc) is 2.91. The topological polar surface area (TPSA) is 43.8 Å². The van der Waals surface area contributed by atoms with Crippen molar-refractivity contribution in [2.45, 2.75) is 19.9 Å². The highest BCUT2D eigenvalue weighted by Crippen LogP contribution is 2.33. The smallest absolute Gasteiger partial charge is 0.201 e. The van der Waals surface area contributed by atoms with Crippen molar-refractivity contribution < 1.29 is 0 Å². The first kappa shape index (κ1) is 12.5. The van der Waals surface area contributed by atoms with Crippen molar-refractivity contribution >= 4 is 39.9 Å². The number of benzene rings is 1. The molecule has 0 saturated heterocycles. The first-order chi connectivity index (χ1) is 9.06. The maximum Gasteiger partial charge on any atom is 0.201 e. The molecule has 0 aliphatic rings.